The Labute approximate surface area is 55.5 Å². The van der Waals surface area contributed by atoms with Gasteiger partial charge in [0, 0.05) is 0 Å². The first-order valence-electron chi connectivity index (χ1n) is 0. The van der Waals surface area contributed by atoms with Crippen LogP contribution < -0.4 is 0 Å². The second-order valence-corrected chi connectivity index (χ2v) is 0. The maximum absolute atomic E-state index is 0. The van der Waals surface area contributed by atoms with E-state index in [2.05, 4.69) is 0 Å². The molecule has 0 fully saturated rings. The summed E-state index contributed by atoms with van der Waals surface area (Å²) < 4.78 is 0. The van der Waals surface area contributed by atoms with Gasteiger partial charge in [-0.2, -0.15) is 0 Å². The van der Waals surface area contributed by atoms with Gasteiger partial charge in [-0.15, -0.1) is 0 Å². The second kappa shape index (κ2) is 25.6. The molecule has 0 saturated carbocycles. The van der Waals surface area contributed by atoms with E-state index < -0.39 is 0 Å². The number of hydrogen-bond donors (Lipinski definition) is 0. The van der Waals surface area contributed by atoms with Crippen LogP contribution in [0.25, 0.3) is 0 Å². The van der Waals surface area contributed by atoms with Crippen molar-refractivity contribution in [3.05, 3.63) is 0 Å². The van der Waals surface area contributed by atoms with Crippen LogP contribution in [0.15, 0.2) is 0 Å². The van der Waals surface area contributed by atoms with E-state index in [4.69, 9.17) is 0 Å². The van der Waals surface area contributed by atoms with Crippen LogP contribution in [0.1, 0.15) is 0 Å². The first-order valence-corrected chi connectivity index (χ1v) is 0. The van der Waals surface area contributed by atoms with Crippen molar-refractivity contribution in [1.82, 2.24) is 0 Å². The third-order valence-corrected chi connectivity index (χ3v) is 0. The van der Waals surface area contributed by atoms with Gasteiger partial charge in [0.2, 0.25) is 0 Å². The summed E-state index contributed by atoms with van der Waals surface area (Å²) in [6.07, 6.45) is 0. The maximum Gasteiger partial charge on any atom is 4.00 e. The molecule has 0 aliphatic heterocycles. The predicted molar refractivity (Wildman–Crippen MR) is 12.2 cm³/mol. The molecule has 0 atom stereocenters. The van der Waals surface area contributed by atoms with Crippen molar-refractivity contribution in [2.45, 2.75) is 0 Å². The SMILES string of the molecule is [Al+3].[O-2].[Si+4].[Ti+4]. The van der Waals surface area contributed by atoms with Crippen LogP contribution in [0.4, 0.5) is 0 Å². The summed E-state index contributed by atoms with van der Waals surface area (Å²) in [4.78, 5) is 0. The van der Waals surface area contributed by atoms with E-state index in [0.717, 1.165) is 0 Å². The smallest absolute Gasteiger partial charge is 2.00 e. The zero-order chi connectivity index (χ0) is 0. The maximum atomic E-state index is 0. The molecule has 0 radical (unpaired) electrons. The summed E-state index contributed by atoms with van der Waals surface area (Å²) in [6, 6.07) is 0. The van der Waals surface area contributed by atoms with Gasteiger partial charge in [0.05, 0.1) is 0 Å². The van der Waals surface area contributed by atoms with Crippen molar-refractivity contribution in [3.63, 3.8) is 0 Å². The molecule has 0 spiro atoms. The minimum atomic E-state index is 0. The predicted octanol–water partition coefficient (Wildman–Crippen LogP) is -0.883. The van der Waals surface area contributed by atoms with Gasteiger partial charge in [0.25, 0.3) is 0 Å². The van der Waals surface area contributed by atoms with Crippen molar-refractivity contribution in [3.8, 4) is 0 Å². The molecule has 0 bridgehead atoms. The average molecular weight is 119 g/mol. The Bertz CT molecular complexity index is 8.00. The molecule has 0 saturated heterocycles. The summed E-state index contributed by atoms with van der Waals surface area (Å²) in [5, 5.41) is 0. The normalized spacial score (nSPS) is 0. The van der Waals surface area contributed by atoms with Crippen molar-refractivity contribution in [1.29, 1.82) is 0 Å². The zero-order valence-corrected chi connectivity index (χ0v) is 5.70. The molecule has 0 N–H and O–H groups in total. The summed E-state index contributed by atoms with van der Waals surface area (Å²) in [5.41, 5.74) is 0. The van der Waals surface area contributed by atoms with Gasteiger partial charge in [0.15, 0.2) is 0 Å². The van der Waals surface area contributed by atoms with E-state index in [1.807, 2.05) is 0 Å². The Morgan fingerprint density at radius 2 is 1.00 bits per heavy atom. The van der Waals surface area contributed by atoms with Gasteiger partial charge < -0.3 is 5.48 Å². The Kier molecular flexibility index (Phi) is 335. The van der Waals surface area contributed by atoms with Gasteiger partial charge in [-0.3, -0.25) is 0 Å². The minimum Gasteiger partial charge on any atom is -2.00 e. The molecule has 0 aromatic carbocycles. The van der Waals surface area contributed by atoms with Crippen molar-refractivity contribution >= 4 is 28.3 Å². The summed E-state index contributed by atoms with van der Waals surface area (Å²) in [7, 11) is 0. The van der Waals surface area contributed by atoms with E-state index >= 15 is 0 Å². The molecule has 0 amide bonds. The largest absolute Gasteiger partial charge is 4.00 e. The van der Waals surface area contributed by atoms with Crippen LogP contribution in [0.5, 0.6) is 0 Å². The molecule has 1 nitrogen and oxygen atoms in total. The Hall–Kier alpha value is 1.42. The molecule has 0 unspecified atom stereocenters. The van der Waals surface area contributed by atoms with Crippen molar-refractivity contribution < 1.29 is 27.2 Å². The van der Waals surface area contributed by atoms with E-state index in [1.165, 1.54) is 0 Å². The third-order valence-electron chi connectivity index (χ3n) is 0. The fraction of sp³-hybridized carbons (Fsp3) is 0. The zero-order valence-electron chi connectivity index (χ0n) is 1.99. The third kappa shape index (κ3) is 9.92. The molecule has 0 aliphatic carbocycles. The van der Waals surface area contributed by atoms with Crippen LogP contribution >= 0.6 is 0 Å². The molecule has 0 aromatic rings. The fourth-order valence-corrected chi connectivity index (χ4v) is 0. The molecule has 0 aliphatic rings. The molecule has 8 valence electrons. The van der Waals surface area contributed by atoms with Gasteiger partial charge in [-0.25, -0.2) is 0 Å². The molecule has 0 heterocycles. The van der Waals surface area contributed by atoms with Crippen molar-refractivity contribution in [2.75, 3.05) is 0 Å². The van der Waals surface area contributed by atoms with E-state index in [1.54, 1.807) is 0 Å². The summed E-state index contributed by atoms with van der Waals surface area (Å²) >= 11 is 0. The first kappa shape index (κ1) is 52.4. The van der Waals surface area contributed by atoms with Crippen LogP contribution in [0, 0.1) is 0 Å². The Morgan fingerprint density at radius 1 is 1.00 bits per heavy atom. The topological polar surface area (TPSA) is 28.5 Å². The number of hydrogen-bond acceptors (Lipinski definition) is 0. The second-order valence-electron chi connectivity index (χ2n) is 0. The molecule has 0 rings (SSSR count). The molecule has 4 heavy (non-hydrogen) atoms. The monoisotopic (exact) mass is 119 g/mol. The van der Waals surface area contributed by atoms with E-state index in [-0.39, 0.29) is 55.5 Å². The van der Waals surface area contributed by atoms with Crippen LogP contribution in [0.3, 0.4) is 0 Å². The average Bonchev–Trinajstić information content (AvgIpc) is 0. The van der Waals surface area contributed by atoms with Crippen LogP contribution in [0.2, 0.25) is 0 Å². The first-order chi connectivity index (χ1) is 0. The molecule has 0 aromatic heterocycles. The van der Waals surface area contributed by atoms with E-state index in [0.29, 0.717) is 0 Å². The quantitative estimate of drug-likeness (QED) is 0.370. The minimum absolute atomic E-state index is 0. The van der Waals surface area contributed by atoms with Crippen LogP contribution in [-0.2, 0) is 27.2 Å². The fourth-order valence-electron chi connectivity index (χ4n) is 0. The van der Waals surface area contributed by atoms with Gasteiger partial charge in [-0.1, -0.05) is 0 Å². The number of rotatable bonds is 0. The summed E-state index contributed by atoms with van der Waals surface area (Å²) in [5.74, 6) is 0. The van der Waals surface area contributed by atoms with Gasteiger partial charge >= 0.3 is 50.0 Å². The molecular formula is AlOSiTi+9. The van der Waals surface area contributed by atoms with E-state index in [9.17, 15) is 0 Å². The Balaban J connectivity index is 0. The standard InChI is InChI=1S/Al.O.Si.Ti/q+3;-2;2*+4. The van der Waals surface area contributed by atoms with Crippen LogP contribution in [-0.4, -0.2) is 28.3 Å². The summed E-state index contributed by atoms with van der Waals surface area (Å²) in [6.45, 7) is 0. The molecule has 4 heteroatoms. The Morgan fingerprint density at radius 3 is 1.00 bits per heavy atom. The van der Waals surface area contributed by atoms with Crippen molar-refractivity contribution in [2.24, 2.45) is 0 Å². The van der Waals surface area contributed by atoms with Gasteiger partial charge in [-0.05, 0) is 0 Å². The van der Waals surface area contributed by atoms with Gasteiger partial charge in [0.1, 0.15) is 0 Å². The molecular weight excluding hydrogens is 119 g/mol.